The van der Waals surface area contributed by atoms with Crippen LogP contribution in [0.15, 0.2) is 179 Å². The number of likely N-dealkylation sites (N-methyl/N-ethyl adjacent to an activating group) is 1. The minimum absolute atomic E-state index is 0.0444. The molecule has 0 saturated heterocycles. The molecule has 0 radical (unpaired) electrons. The summed E-state index contributed by atoms with van der Waals surface area (Å²) in [5, 5.41) is 3.93. The van der Waals surface area contributed by atoms with Crippen LogP contribution in [0.25, 0.3) is 11.1 Å². The molecular formula is C79H96ClN11O6. The summed E-state index contributed by atoms with van der Waals surface area (Å²) >= 11 is 6.16. The Labute approximate surface area is 577 Å². The third-order valence-electron chi connectivity index (χ3n) is 20.6. The molecule has 7 N–H and O–H groups in total. The number of carbonyl (C=O) groups excluding carboxylic acids is 5. The summed E-state index contributed by atoms with van der Waals surface area (Å²) in [4.78, 5) is 87.8. The van der Waals surface area contributed by atoms with Crippen LogP contribution in [0.4, 0.5) is 0 Å². The highest BCUT2D eigenvalue weighted by molar-refractivity contribution is 6.30. The van der Waals surface area contributed by atoms with Gasteiger partial charge >= 0.3 is 0 Å². The van der Waals surface area contributed by atoms with Crippen LogP contribution in [0.5, 0.6) is 0 Å². The van der Waals surface area contributed by atoms with Crippen LogP contribution in [-0.4, -0.2) is 118 Å². The van der Waals surface area contributed by atoms with Crippen molar-refractivity contribution >= 4 is 59.0 Å². The number of aliphatic imine (C=N–C) groups is 3. The molecule has 4 aliphatic carbocycles. The highest BCUT2D eigenvalue weighted by Crippen LogP contribution is 2.52. The van der Waals surface area contributed by atoms with Crippen LogP contribution in [0.2, 0.25) is 5.02 Å². The molecule has 1 unspecified atom stereocenters. The Morgan fingerprint density at radius 3 is 1.91 bits per heavy atom. The number of hydrogen-bond acceptors (Lipinski definition) is 12. The van der Waals surface area contributed by atoms with Crippen LogP contribution >= 0.6 is 11.6 Å². The van der Waals surface area contributed by atoms with Crippen LogP contribution in [0.3, 0.4) is 0 Å². The van der Waals surface area contributed by atoms with Crippen molar-refractivity contribution in [3.05, 3.63) is 202 Å². The van der Waals surface area contributed by atoms with Gasteiger partial charge in [-0.1, -0.05) is 197 Å². The van der Waals surface area contributed by atoms with Crippen molar-refractivity contribution in [1.29, 1.82) is 0 Å². The number of carbonyl (C=O) groups is 5. The Kier molecular flexibility index (Phi) is 22.4. The van der Waals surface area contributed by atoms with E-state index in [1.807, 2.05) is 176 Å². The number of amides is 5. The SMILES string of the molecule is CCCN(CC1CC1)C(=O)c1cccc(CN2C(=O)C(c3ccccc3)(c3ccccc3)N=C2N)c1.CN1C(=O)[C@@](CCC2CCCCC2)(C[C@H]2CCC[C@@H](NC(=O)Cc3ccccc3)C2)N=C1N.COC[C@H](C)N1C(=O)C(c2cccc(-c3cccc(Cl)c3)c2)(C2CC2)N=C1N. The van der Waals surface area contributed by atoms with E-state index in [9.17, 15) is 24.0 Å². The summed E-state index contributed by atoms with van der Waals surface area (Å²) in [5.41, 5.74) is 22.8. The van der Waals surface area contributed by atoms with E-state index in [1.54, 1.807) is 24.0 Å². The number of hydrogen-bond donors (Lipinski definition) is 4. The van der Waals surface area contributed by atoms with E-state index in [4.69, 9.17) is 48.5 Å². The maximum Gasteiger partial charge on any atom is 0.266 e. The lowest BCUT2D eigenvalue weighted by Crippen LogP contribution is -2.49. The molecule has 4 saturated carbocycles. The number of guanidine groups is 3. The summed E-state index contributed by atoms with van der Waals surface area (Å²) in [6.07, 6.45) is 18.9. The first kappa shape index (κ1) is 69.7. The van der Waals surface area contributed by atoms with Crippen molar-refractivity contribution in [2.24, 2.45) is 55.8 Å². The minimum atomic E-state index is -1.23. The molecule has 510 valence electrons. The number of benzene rings is 6. The fourth-order valence-electron chi connectivity index (χ4n) is 15.3. The Balaban J connectivity index is 0.000000149. The second-order valence-corrected chi connectivity index (χ2v) is 28.3. The maximum atomic E-state index is 14.0. The average Bonchev–Trinajstić information content (AvgIpc) is 1.54. The van der Waals surface area contributed by atoms with Crippen molar-refractivity contribution in [3.8, 4) is 11.1 Å². The molecule has 7 aliphatic rings. The fraction of sp³-hybridized carbons (Fsp3) is 0.443. The van der Waals surface area contributed by atoms with Crippen molar-refractivity contribution in [2.45, 2.75) is 165 Å². The van der Waals surface area contributed by atoms with E-state index in [0.717, 1.165) is 116 Å². The molecule has 4 fully saturated rings. The van der Waals surface area contributed by atoms with Gasteiger partial charge in [0.05, 0.1) is 25.6 Å². The molecule has 0 bridgehead atoms. The number of ether oxygens (including phenoxy) is 1. The summed E-state index contributed by atoms with van der Waals surface area (Å²) < 4.78 is 5.23. The Morgan fingerprint density at radius 1 is 0.649 bits per heavy atom. The summed E-state index contributed by atoms with van der Waals surface area (Å²) in [7, 11) is 3.37. The third kappa shape index (κ3) is 16.0. The second-order valence-electron chi connectivity index (χ2n) is 27.9. The number of nitrogens with two attached hydrogens (primary N) is 3. The predicted molar refractivity (Wildman–Crippen MR) is 384 cm³/mol. The van der Waals surface area contributed by atoms with Crippen LogP contribution in [0, 0.1) is 23.7 Å². The monoisotopic (exact) mass is 1330 g/mol. The molecule has 0 spiro atoms. The van der Waals surface area contributed by atoms with Crippen LogP contribution in [0.1, 0.15) is 161 Å². The molecule has 6 aromatic carbocycles. The van der Waals surface area contributed by atoms with Crippen molar-refractivity contribution in [2.75, 3.05) is 33.9 Å². The number of nitrogens with zero attached hydrogens (tertiary/aromatic N) is 7. The zero-order valence-electron chi connectivity index (χ0n) is 56.8. The molecule has 17 nitrogen and oxygen atoms in total. The molecular weight excluding hydrogens is 1230 g/mol. The molecule has 3 aliphatic heterocycles. The van der Waals surface area contributed by atoms with E-state index in [0.29, 0.717) is 47.3 Å². The van der Waals surface area contributed by atoms with Gasteiger partial charge in [-0.3, -0.25) is 38.7 Å². The van der Waals surface area contributed by atoms with Gasteiger partial charge in [-0.05, 0) is 164 Å². The van der Waals surface area contributed by atoms with Crippen LogP contribution < -0.4 is 22.5 Å². The lowest BCUT2D eigenvalue weighted by Gasteiger charge is -2.35. The normalized spacial score (nSPS) is 22.5. The third-order valence-corrected chi connectivity index (χ3v) is 20.8. The van der Waals surface area contributed by atoms with Gasteiger partial charge in [0.1, 0.15) is 5.54 Å². The highest BCUT2D eigenvalue weighted by atomic mass is 35.5. The Bertz CT molecular complexity index is 3800. The summed E-state index contributed by atoms with van der Waals surface area (Å²) in [5.74, 6) is 2.62. The lowest BCUT2D eigenvalue weighted by molar-refractivity contribution is -0.134. The van der Waals surface area contributed by atoms with Gasteiger partial charge in [0.2, 0.25) is 5.91 Å². The van der Waals surface area contributed by atoms with Crippen LogP contribution in [-0.2, 0) is 48.0 Å². The van der Waals surface area contributed by atoms with Gasteiger partial charge in [-0.25, -0.2) is 15.0 Å². The van der Waals surface area contributed by atoms with Gasteiger partial charge in [0, 0.05) is 43.9 Å². The van der Waals surface area contributed by atoms with Crippen molar-refractivity contribution in [1.82, 2.24) is 24.9 Å². The first-order chi connectivity index (χ1) is 46.9. The van der Waals surface area contributed by atoms with Gasteiger partial charge in [-0.2, -0.15) is 0 Å². The number of nitrogens with one attached hydrogen (secondary N) is 1. The number of rotatable bonds is 23. The average molecular weight is 1330 g/mol. The lowest BCUT2D eigenvalue weighted by atomic mass is 9.74. The zero-order chi connectivity index (χ0) is 68.3. The van der Waals surface area contributed by atoms with Crippen molar-refractivity contribution in [3.63, 3.8) is 0 Å². The fourth-order valence-corrected chi connectivity index (χ4v) is 15.5. The molecule has 6 aromatic rings. The second kappa shape index (κ2) is 31.2. The van der Waals surface area contributed by atoms with E-state index < -0.39 is 16.6 Å². The topological polar surface area (TPSA) is 235 Å². The van der Waals surface area contributed by atoms with E-state index in [2.05, 4.69) is 12.2 Å². The first-order valence-corrected chi connectivity index (χ1v) is 35.5. The van der Waals surface area contributed by atoms with Gasteiger partial charge in [-0.15, -0.1) is 0 Å². The molecule has 97 heavy (non-hydrogen) atoms. The largest absolute Gasteiger partial charge is 0.383 e. The number of halogens is 1. The molecule has 5 atom stereocenters. The highest BCUT2D eigenvalue weighted by Gasteiger charge is 2.59. The van der Waals surface area contributed by atoms with E-state index in [1.165, 1.54) is 49.8 Å². The molecule has 0 aromatic heterocycles. The quantitative estimate of drug-likeness (QED) is 0.0477. The molecule has 3 heterocycles. The minimum Gasteiger partial charge on any atom is -0.383 e. The van der Waals surface area contributed by atoms with E-state index in [-0.39, 0.29) is 66.0 Å². The maximum absolute atomic E-state index is 14.0. The molecule has 13 rings (SSSR count). The standard InChI is InChI=1S/C30H32N4O2.C27H40N4O2.C22H24ClN3O2/c1-2-18-33(20-22-16-17-22)27(35)24-11-9-10-23(19-24)21-34-28(36)30(32-29(34)31,25-12-5-3-6-13-25)26-14-7-4-8-15-26;1-31-25(33)27(30-26(31)28,16-15-20-9-4-2-5-10-20)19-22-13-8-14-23(17-22)29-24(32)18-21-11-6-3-7-12-21;1-14(13-28-2)26-20(27)22(17-9-10-17,25-21(26)24)18-7-3-5-15(11-18)16-6-4-8-19(23)12-16/h3-15,19,22H,2,16-18,20-21H2,1H3,(H2,31,32);3,6-7,11-12,20,22-23H,2,4-5,8-10,13-19H2,1H3,(H2,28,30)(H,29,32);3-8,11-12,14,17H,9-10,13H2,1-2H3,(H2,24,25)/t;22-,23+,27+;14-,22?/m.00/s1. The Morgan fingerprint density at radius 2 is 1.28 bits per heavy atom. The number of methoxy groups -OCH3 is 1. The van der Waals surface area contributed by atoms with E-state index >= 15 is 0 Å². The predicted octanol–water partition coefficient (Wildman–Crippen LogP) is 12.5. The van der Waals surface area contributed by atoms with Crippen molar-refractivity contribution < 1.29 is 28.7 Å². The first-order valence-electron chi connectivity index (χ1n) is 35.1. The molecule has 5 amide bonds. The summed E-state index contributed by atoms with van der Waals surface area (Å²) in [6.45, 7) is 6.24. The molecule has 18 heteroatoms. The zero-order valence-corrected chi connectivity index (χ0v) is 57.6. The van der Waals surface area contributed by atoms with Gasteiger partial charge < -0.3 is 32.2 Å². The smallest absolute Gasteiger partial charge is 0.266 e. The summed E-state index contributed by atoms with van der Waals surface area (Å²) in [6, 6.07) is 52.2. The van der Waals surface area contributed by atoms with Gasteiger partial charge in [0.15, 0.2) is 29.0 Å². The van der Waals surface area contributed by atoms with Gasteiger partial charge in [0.25, 0.3) is 23.6 Å². The Hall–Kier alpha value is -8.67.